The van der Waals surface area contributed by atoms with Crippen LogP contribution in [0.15, 0.2) is 89.9 Å². The van der Waals surface area contributed by atoms with Crippen LogP contribution in [-0.2, 0) is 6.54 Å². The Kier molecular flexibility index (Phi) is 4.55. The van der Waals surface area contributed by atoms with E-state index < -0.39 is 0 Å². The molecule has 0 aliphatic heterocycles. The molecule has 0 fully saturated rings. The number of halogens is 1. The molecule has 5 aromatic rings. The molecule has 0 bridgehead atoms. The fourth-order valence-electron chi connectivity index (χ4n) is 3.66. The predicted molar refractivity (Wildman–Crippen MR) is 117 cm³/mol. The zero-order valence-corrected chi connectivity index (χ0v) is 16.3. The third-order valence-electron chi connectivity index (χ3n) is 5.12. The first-order chi connectivity index (χ1) is 15.1. The highest BCUT2D eigenvalue weighted by Crippen LogP contribution is 2.19. The van der Waals surface area contributed by atoms with E-state index in [1.807, 2.05) is 18.2 Å². The molecular weight excluding hydrogens is 395 g/mol. The highest BCUT2D eigenvalue weighted by atomic mass is 19.1. The molecule has 0 atom stereocenters. The number of hydrogen-bond acceptors (Lipinski definition) is 3. The minimum atomic E-state index is -0.372. The second kappa shape index (κ2) is 7.53. The predicted octanol–water partition coefficient (Wildman–Crippen LogP) is 4.09. The van der Waals surface area contributed by atoms with Crippen LogP contribution in [0.3, 0.4) is 0 Å². The molecule has 0 aliphatic carbocycles. The molecule has 0 radical (unpaired) electrons. The number of carbonyl (C=O) groups excluding carboxylic acids is 1. The van der Waals surface area contributed by atoms with Crippen LogP contribution in [0, 0.1) is 5.82 Å². The first kappa shape index (κ1) is 18.7. The van der Waals surface area contributed by atoms with Gasteiger partial charge in [0.25, 0.3) is 11.5 Å². The maximum absolute atomic E-state index is 13.7. The molecule has 0 aliphatic rings. The van der Waals surface area contributed by atoms with E-state index in [1.165, 1.54) is 12.1 Å². The summed E-state index contributed by atoms with van der Waals surface area (Å²) in [4.78, 5) is 26.0. The van der Waals surface area contributed by atoms with Gasteiger partial charge >= 0.3 is 0 Å². The van der Waals surface area contributed by atoms with Crippen LogP contribution in [0.25, 0.3) is 16.6 Å². The molecule has 1 amide bonds. The van der Waals surface area contributed by atoms with Crippen molar-refractivity contribution in [1.29, 1.82) is 0 Å². The van der Waals surface area contributed by atoms with Gasteiger partial charge in [0.05, 0.1) is 23.8 Å². The van der Waals surface area contributed by atoms with E-state index >= 15 is 0 Å². The summed E-state index contributed by atoms with van der Waals surface area (Å²) < 4.78 is 16.8. The average molecular weight is 412 g/mol. The number of hydrogen-bond donors (Lipinski definition) is 1. The van der Waals surface area contributed by atoms with Crippen LogP contribution in [0.2, 0.25) is 0 Å². The molecular formula is C24H17FN4O2. The Morgan fingerprint density at radius 2 is 1.74 bits per heavy atom. The average Bonchev–Trinajstić information content (AvgIpc) is 3.27. The largest absolute Gasteiger partial charge is 0.322 e. The number of para-hydroxylation sites is 1. The molecule has 5 rings (SSSR count). The molecule has 3 aromatic carbocycles. The first-order valence-corrected chi connectivity index (χ1v) is 9.71. The lowest BCUT2D eigenvalue weighted by atomic mass is 10.1. The van der Waals surface area contributed by atoms with Gasteiger partial charge in [-0.1, -0.05) is 30.3 Å². The molecule has 1 N–H and O–H groups in total. The third kappa shape index (κ3) is 3.46. The molecule has 7 heteroatoms. The number of nitrogens with one attached hydrogen (secondary N) is 1. The van der Waals surface area contributed by atoms with Crippen molar-refractivity contribution >= 4 is 28.1 Å². The molecule has 2 heterocycles. The van der Waals surface area contributed by atoms with E-state index in [9.17, 15) is 14.0 Å². The Bertz CT molecular complexity index is 1490. The van der Waals surface area contributed by atoms with Crippen molar-refractivity contribution in [2.45, 2.75) is 6.54 Å². The molecule has 0 saturated carbocycles. The number of nitrogens with zero attached hydrogens (tertiary/aromatic N) is 3. The Morgan fingerprint density at radius 3 is 2.55 bits per heavy atom. The molecule has 152 valence electrons. The van der Waals surface area contributed by atoms with Crippen molar-refractivity contribution in [3.05, 3.63) is 112 Å². The van der Waals surface area contributed by atoms with E-state index in [-0.39, 0.29) is 23.8 Å². The lowest BCUT2D eigenvalue weighted by Crippen LogP contribution is -2.24. The van der Waals surface area contributed by atoms with E-state index in [1.54, 1.807) is 63.8 Å². The minimum Gasteiger partial charge on any atom is -0.322 e. The lowest BCUT2D eigenvalue weighted by molar-refractivity contribution is 0.102. The smallest absolute Gasteiger partial charge is 0.277 e. The van der Waals surface area contributed by atoms with Crippen LogP contribution in [-0.4, -0.2) is 20.1 Å². The molecule has 0 unspecified atom stereocenters. The van der Waals surface area contributed by atoms with Crippen molar-refractivity contribution in [1.82, 2.24) is 14.2 Å². The second-order valence-electron chi connectivity index (χ2n) is 7.17. The number of fused-ring (bicyclic) bond motifs is 3. The number of carbonyl (C=O) groups is 1. The van der Waals surface area contributed by atoms with E-state index in [0.717, 1.165) is 0 Å². The second-order valence-corrected chi connectivity index (χ2v) is 7.17. The van der Waals surface area contributed by atoms with Gasteiger partial charge in [-0.05, 0) is 54.1 Å². The molecule has 0 spiro atoms. The summed E-state index contributed by atoms with van der Waals surface area (Å²) in [5.41, 5.74) is 3.06. The van der Waals surface area contributed by atoms with Gasteiger partial charge < -0.3 is 9.88 Å². The highest BCUT2D eigenvalue weighted by Gasteiger charge is 2.15. The first-order valence-electron chi connectivity index (χ1n) is 9.71. The van der Waals surface area contributed by atoms with E-state index in [4.69, 9.17) is 0 Å². The van der Waals surface area contributed by atoms with Crippen molar-refractivity contribution in [2.75, 3.05) is 5.32 Å². The van der Waals surface area contributed by atoms with Crippen molar-refractivity contribution in [3.8, 4) is 0 Å². The van der Waals surface area contributed by atoms with Crippen molar-refractivity contribution in [2.24, 2.45) is 0 Å². The summed E-state index contributed by atoms with van der Waals surface area (Å²) in [6, 6.07) is 22.0. The summed E-state index contributed by atoms with van der Waals surface area (Å²) in [5, 5.41) is 7.10. The summed E-state index contributed by atoms with van der Waals surface area (Å²) in [6.07, 6.45) is 1.55. The fraction of sp³-hybridized carbons (Fsp3) is 0.0417. The Labute approximate surface area is 176 Å². The van der Waals surface area contributed by atoms with Crippen molar-refractivity contribution in [3.63, 3.8) is 0 Å². The number of aromatic nitrogens is 3. The number of amides is 1. The maximum Gasteiger partial charge on any atom is 0.277 e. The van der Waals surface area contributed by atoms with E-state index in [0.29, 0.717) is 33.4 Å². The lowest BCUT2D eigenvalue weighted by Gasteiger charge is -2.14. The topological polar surface area (TPSA) is 68.4 Å². The Morgan fingerprint density at radius 1 is 0.903 bits per heavy atom. The van der Waals surface area contributed by atoms with Crippen LogP contribution >= 0.6 is 0 Å². The van der Waals surface area contributed by atoms with Crippen LogP contribution in [0.4, 0.5) is 10.1 Å². The van der Waals surface area contributed by atoms with E-state index in [2.05, 4.69) is 10.4 Å². The maximum atomic E-state index is 13.7. The normalized spacial score (nSPS) is 11.1. The number of benzene rings is 3. The molecule has 0 saturated heterocycles. The zero-order valence-electron chi connectivity index (χ0n) is 16.3. The minimum absolute atomic E-state index is 0.165. The SMILES string of the molecule is O=C(Nc1ccccc1)c1ccc2c(c1)n(Cc1cccc(F)c1)c(=O)c1ccnn12. The van der Waals surface area contributed by atoms with Crippen LogP contribution < -0.4 is 10.9 Å². The zero-order chi connectivity index (χ0) is 21.4. The van der Waals surface area contributed by atoms with Gasteiger partial charge in [0, 0.05) is 11.3 Å². The molecule has 6 nitrogen and oxygen atoms in total. The molecule has 2 aromatic heterocycles. The monoisotopic (exact) mass is 412 g/mol. The van der Waals surface area contributed by atoms with Gasteiger partial charge in [0.15, 0.2) is 0 Å². The third-order valence-corrected chi connectivity index (χ3v) is 5.12. The Balaban J connectivity index is 1.66. The van der Waals surface area contributed by atoms with Gasteiger partial charge in [-0.25, -0.2) is 8.91 Å². The fourth-order valence-corrected chi connectivity index (χ4v) is 3.66. The number of rotatable bonds is 4. The molecule has 31 heavy (non-hydrogen) atoms. The van der Waals surface area contributed by atoms with Gasteiger partial charge in [-0.3, -0.25) is 9.59 Å². The highest BCUT2D eigenvalue weighted by molar-refractivity contribution is 6.06. The summed E-state index contributed by atoms with van der Waals surface area (Å²) in [7, 11) is 0. The van der Waals surface area contributed by atoms with Crippen LogP contribution in [0.5, 0.6) is 0 Å². The van der Waals surface area contributed by atoms with Gasteiger partial charge in [0.1, 0.15) is 11.3 Å². The van der Waals surface area contributed by atoms with Crippen molar-refractivity contribution < 1.29 is 9.18 Å². The van der Waals surface area contributed by atoms with Gasteiger partial charge in [0.2, 0.25) is 0 Å². The summed E-state index contributed by atoms with van der Waals surface area (Å²) >= 11 is 0. The van der Waals surface area contributed by atoms with Gasteiger partial charge in [-0.2, -0.15) is 5.10 Å². The summed E-state index contributed by atoms with van der Waals surface area (Å²) in [5.74, 6) is -0.665. The van der Waals surface area contributed by atoms with Crippen LogP contribution in [0.1, 0.15) is 15.9 Å². The standard InChI is InChI=1S/C24H17FN4O2/c25-18-6-4-5-16(13-18)15-28-22-14-17(23(30)27-19-7-2-1-3-8-19)9-10-20(22)29-21(24(28)31)11-12-26-29/h1-14H,15H2,(H,27,30). The quantitative estimate of drug-likeness (QED) is 0.484. The number of anilines is 1. The Hall–Kier alpha value is -4.26. The van der Waals surface area contributed by atoms with Gasteiger partial charge in [-0.15, -0.1) is 0 Å². The summed E-state index contributed by atoms with van der Waals surface area (Å²) in [6.45, 7) is 0.165.